The second kappa shape index (κ2) is 8.90. The molecule has 1 saturated heterocycles. The van der Waals surface area contributed by atoms with Crippen LogP contribution in [0.15, 0.2) is 53.6 Å². The van der Waals surface area contributed by atoms with Gasteiger partial charge in [-0.2, -0.15) is 9.40 Å². The highest BCUT2D eigenvalue weighted by atomic mass is 32.2. The van der Waals surface area contributed by atoms with Crippen LogP contribution in [0.25, 0.3) is 0 Å². The fourth-order valence-corrected chi connectivity index (χ4v) is 6.89. The van der Waals surface area contributed by atoms with Crippen molar-refractivity contribution < 1.29 is 18.1 Å². The lowest BCUT2D eigenvalue weighted by Gasteiger charge is -2.30. The number of rotatable bonds is 6. The van der Waals surface area contributed by atoms with Crippen molar-refractivity contribution in [1.29, 1.82) is 0 Å². The topological polar surface area (TPSA) is 128 Å². The Labute approximate surface area is 209 Å². The molecular formula is C25H27N5O5S. The minimum absolute atomic E-state index is 0.0192. The summed E-state index contributed by atoms with van der Waals surface area (Å²) >= 11 is 0. The monoisotopic (exact) mass is 509 g/mol. The van der Waals surface area contributed by atoms with E-state index in [2.05, 4.69) is 4.98 Å². The zero-order valence-corrected chi connectivity index (χ0v) is 20.9. The van der Waals surface area contributed by atoms with E-state index in [1.54, 1.807) is 10.9 Å². The van der Waals surface area contributed by atoms with E-state index in [1.165, 1.54) is 28.6 Å². The number of aromatic nitrogens is 3. The molecule has 0 amide bonds. The minimum atomic E-state index is -3.96. The number of fused-ring (bicyclic) bond motifs is 1. The third-order valence-corrected chi connectivity index (χ3v) is 8.78. The van der Waals surface area contributed by atoms with Gasteiger partial charge >= 0.3 is 0 Å². The summed E-state index contributed by atoms with van der Waals surface area (Å²) in [6, 6.07) is 9.92. The van der Waals surface area contributed by atoms with E-state index in [4.69, 9.17) is 5.10 Å². The number of carbonyl (C=O) groups excluding carboxylic acids is 1. The maximum Gasteiger partial charge on any atom is 0.269 e. The average Bonchev–Trinajstić information content (AvgIpc) is 3.45. The Bertz CT molecular complexity index is 1430. The molecule has 1 aliphatic carbocycles. The molecule has 3 heterocycles. The molecule has 0 N–H and O–H groups in total. The third kappa shape index (κ3) is 4.33. The van der Waals surface area contributed by atoms with Crippen LogP contribution < -0.4 is 0 Å². The first-order valence-electron chi connectivity index (χ1n) is 11.9. The lowest BCUT2D eigenvalue weighted by molar-refractivity contribution is -0.384. The van der Waals surface area contributed by atoms with Gasteiger partial charge in [-0.1, -0.05) is 19.9 Å². The van der Waals surface area contributed by atoms with Crippen molar-refractivity contribution in [3.8, 4) is 0 Å². The zero-order chi connectivity index (χ0) is 25.7. The van der Waals surface area contributed by atoms with Gasteiger partial charge in [-0.05, 0) is 48.9 Å². The largest absolute Gasteiger partial charge is 0.294 e. The molecule has 0 spiro atoms. The Hall–Kier alpha value is -3.44. The maximum atomic E-state index is 13.6. The van der Waals surface area contributed by atoms with Crippen LogP contribution in [0.1, 0.15) is 66.6 Å². The molecule has 3 aromatic rings. The molecule has 188 valence electrons. The molecule has 1 aromatic carbocycles. The first-order chi connectivity index (χ1) is 17.1. The van der Waals surface area contributed by atoms with Crippen molar-refractivity contribution in [3.05, 3.63) is 81.4 Å². The summed E-state index contributed by atoms with van der Waals surface area (Å²) in [5, 5.41) is 15.8. The lowest BCUT2D eigenvalue weighted by Crippen LogP contribution is -2.33. The van der Waals surface area contributed by atoms with Crippen LogP contribution in [0.3, 0.4) is 0 Å². The van der Waals surface area contributed by atoms with E-state index in [0.29, 0.717) is 43.5 Å². The summed E-state index contributed by atoms with van der Waals surface area (Å²) in [5.74, 6) is -0.0249. The van der Waals surface area contributed by atoms with Crippen molar-refractivity contribution >= 4 is 21.5 Å². The maximum absolute atomic E-state index is 13.6. The molecule has 36 heavy (non-hydrogen) atoms. The van der Waals surface area contributed by atoms with Gasteiger partial charge in [-0.15, -0.1) is 0 Å². The summed E-state index contributed by atoms with van der Waals surface area (Å²) in [4.78, 5) is 28.2. The molecular weight excluding hydrogens is 482 g/mol. The Morgan fingerprint density at radius 1 is 1.14 bits per heavy atom. The van der Waals surface area contributed by atoms with E-state index in [1.807, 2.05) is 32.0 Å². The quantitative estimate of drug-likeness (QED) is 0.364. The number of hydrogen-bond donors (Lipinski definition) is 0. The summed E-state index contributed by atoms with van der Waals surface area (Å²) in [5.41, 5.74) is 2.22. The van der Waals surface area contributed by atoms with Crippen LogP contribution in [0.2, 0.25) is 0 Å². The molecule has 0 radical (unpaired) electrons. The highest BCUT2D eigenvalue weighted by molar-refractivity contribution is 7.89. The lowest BCUT2D eigenvalue weighted by atomic mass is 9.75. The number of Topliss-reactive ketones (excluding diaryl/α,β-unsaturated/α-hetero) is 1. The van der Waals surface area contributed by atoms with Crippen molar-refractivity contribution in [2.75, 3.05) is 6.54 Å². The summed E-state index contributed by atoms with van der Waals surface area (Å²) in [6.07, 6.45) is 3.88. The summed E-state index contributed by atoms with van der Waals surface area (Å²) < 4.78 is 30.3. The number of pyridine rings is 1. The van der Waals surface area contributed by atoms with Crippen LogP contribution in [-0.4, -0.2) is 44.7 Å². The number of nitrogens with zero attached hydrogens (tertiary/aromatic N) is 5. The van der Waals surface area contributed by atoms with Gasteiger partial charge in [-0.3, -0.25) is 24.6 Å². The van der Waals surface area contributed by atoms with Crippen LogP contribution >= 0.6 is 0 Å². The van der Waals surface area contributed by atoms with Gasteiger partial charge in [0, 0.05) is 31.3 Å². The summed E-state index contributed by atoms with van der Waals surface area (Å²) in [7, 11) is -3.96. The molecule has 2 aliphatic rings. The van der Waals surface area contributed by atoms with Crippen molar-refractivity contribution in [1.82, 2.24) is 19.1 Å². The van der Waals surface area contributed by atoms with Crippen LogP contribution in [0, 0.1) is 15.5 Å². The number of nitro benzene ring substituents is 1. The van der Waals surface area contributed by atoms with Gasteiger partial charge < -0.3 is 0 Å². The minimum Gasteiger partial charge on any atom is -0.294 e. The number of sulfonamides is 1. The molecule has 1 aliphatic heterocycles. The third-order valence-electron chi connectivity index (χ3n) is 6.86. The molecule has 1 fully saturated rings. The van der Waals surface area contributed by atoms with Crippen LogP contribution in [0.4, 0.5) is 5.69 Å². The van der Waals surface area contributed by atoms with E-state index in [9.17, 15) is 23.3 Å². The smallest absolute Gasteiger partial charge is 0.269 e. The molecule has 0 saturated carbocycles. The number of ketones is 1. The standard InChI is InChI=1S/C25H27N5O5S/c1-25(2)14-21-23(22(31)15-25)24(27-28(21)16-17-6-3-4-12-26-17)20-7-5-13-29(20)36(34,35)19-10-8-18(9-11-19)30(32)33/h3-4,6,8-12,20H,5,7,13-16H2,1-2H3/t20-/m1/s1. The Morgan fingerprint density at radius 3 is 2.56 bits per heavy atom. The van der Waals surface area contributed by atoms with Crippen LogP contribution in [-0.2, 0) is 23.0 Å². The highest BCUT2D eigenvalue weighted by Gasteiger charge is 2.43. The highest BCUT2D eigenvalue weighted by Crippen LogP contribution is 2.43. The van der Waals surface area contributed by atoms with Crippen molar-refractivity contribution in [2.45, 2.75) is 57.0 Å². The first-order valence-corrected chi connectivity index (χ1v) is 13.3. The molecule has 11 heteroatoms. The Morgan fingerprint density at radius 2 is 1.89 bits per heavy atom. The molecule has 5 rings (SSSR count). The van der Waals surface area contributed by atoms with Gasteiger partial charge in [0.2, 0.25) is 10.0 Å². The summed E-state index contributed by atoms with van der Waals surface area (Å²) in [6.45, 7) is 4.76. The van der Waals surface area contributed by atoms with Crippen molar-refractivity contribution in [2.24, 2.45) is 5.41 Å². The predicted octanol–water partition coefficient (Wildman–Crippen LogP) is 3.92. The van der Waals surface area contributed by atoms with Crippen molar-refractivity contribution in [3.63, 3.8) is 0 Å². The second-order valence-corrected chi connectivity index (χ2v) is 12.0. The van der Waals surface area contributed by atoms with Gasteiger partial charge in [0.25, 0.3) is 5.69 Å². The number of benzene rings is 1. The molecule has 0 bridgehead atoms. The SMILES string of the molecule is CC1(C)CC(=O)c2c([C@H]3CCCN3S(=O)(=O)c3ccc([N+](=O)[O-])cc3)nn(Cc3ccccn3)c2C1. The Kier molecular flexibility index (Phi) is 6.00. The fraction of sp³-hybridized carbons (Fsp3) is 0.400. The molecule has 2 aromatic heterocycles. The molecule has 10 nitrogen and oxygen atoms in total. The predicted molar refractivity (Wildman–Crippen MR) is 131 cm³/mol. The number of non-ortho nitro benzene ring substituents is 1. The number of carbonyl (C=O) groups is 1. The van der Waals surface area contributed by atoms with Gasteiger partial charge in [0.1, 0.15) is 0 Å². The number of hydrogen-bond acceptors (Lipinski definition) is 7. The molecule has 1 atom stereocenters. The number of nitro groups is 1. The van der Waals surface area contributed by atoms with E-state index >= 15 is 0 Å². The second-order valence-electron chi connectivity index (χ2n) is 10.2. The average molecular weight is 510 g/mol. The fourth-order valence-electron chi connectivity index (χ4n) is 5.23. The molecule has 0 unspecified atom stereocenters. The van der Waals surface area contributed by atoms with Gasteiger partial charge in [0.15, 0.2) is 5.78 Å². The van der Waals surface area contributed by atoms with Gasteiger partial charge in [0.05, 0.1) is 45.1 Å². The van der Waals surface area contributed by atoms with E-state index < -0.39 is 21.0 Å². The first kappa shape index (κ1) is 24.3. The Balaban J connectivity index is 1.56. The van der Waals surface area contributed by atoms with E-state index in [0.717, 1.165) is 11.4 Å². The van der Waals surface area contributed by atoms with Gasteiger partial charge in [-0.25, -0.2) is 8.42 Å². The van der Waals surface area contributed by atoms with Crippen LogP contribution in [0.5, 0.6) is 0 Å². The normalized spacial score (nSPS) is 19.8. The zero-order valence-electron chi connectivity index (χ0n) is 20.1. The van der Waals surface area contributed by atoms with E-state index in [-0.39, 0.29) is 28.3 Å².